The number of carbonyl (C=O) groups is 3. The van der Waals surface area contributed by atoms with Crippen molar-refractivity contribution in [1.82, 2.24) is 4.90 Å². The van der Waals surface area contributed by atoms with Gasteiger partial charge >= 0.3 is 5.97 Å². The van der Waals surface area contributed by atoms with Crippen molar-refractivity contribution in [3.8, 4) is 17.2 Å². The molecular formula is C26H19ClFNO6S. The molecule has 1 heterocycles. The number of esters is 1. The Morgan fingerprint density at radius 1 is 1.03 bits per heavy atom. The molecule has 1 aliphatic rings. The van der Waals surface area contributed by atoms with Gasteiger partial charge in [0.15, 0.2) is 11.5 Å². The summed E-state index contributed by atoms with van der Waals surface area (Å²) in [5, 5.41) is -0.369. The molecule has 0 bridgehead atoms. The SMILES string of the molecule is COc1ccc(C(=O)Oc2c(Cl)cc(/C=C3\SC(=O)N(Cc4ccc(F)cc4)C3=O)cc2OC)cc1. The summed E-state index contributed by atoms with van der Waals surface area (Å²) in [7, 11) is 2.90. The van der Waals surface area contributed by atoms with Gasteiger partial charge in [-0.15, -0.1) is 0 Å². The van der Waals surface area contributed by atoms with E-state index in [1.807, 2.05) is 0 Å². The first kappa shape index (κ1) is 25.3. The molecule has 0 saturated carbocycles. The maximum atomic E-state index is 13.2. The van der Waals surface area contributed by atoms with Gasteiger partial charge in [-0.05, 0) is 77.5 Å². The van der Waals surface area contributed by atoms with E-state index in [4.69, 9.17) is 25.8 Å². The normalized spacial score (nSPS) is 14.3. The van der Waals surface area contributed by atoms with Gasteiger partial charge in [0.25, 0.3) is 11.1 Å². The number of hydrogen-bond donors (Lipinski definition) is 0. The number of imide groups is 1. The Labute approximate surface area is 215 Å². The van der Waals surface area contributed by atoms with Crippen LogP contribution in [0, 0.1) is 5.82 Å². The highest BCUT2D eigenvalue weighted by Gasteiger charge is 2.35. The molecule has 10 heteroatoms. The standard InChI is InChI=1S/C26H19ClFNO6S/c1-33-19-9-5-17(6-10-19)25(31)35-23-20(27)11-16(12-21(23)34-2)13-22-24(30)29(26(32)36-22)14-15-3-7-18(28)8-4-15/h3-13H,14H2,1-2H3/b22-13-. The lowest BCUT2D eigenvalue weighted by Crippen LogP contribution is -2.27. The summed E-state index contributed by atoms with van der Waals surface area (Å²) in [6.07, 6.45) is 1.50. The predicted octanol–water partition coefficient (Wildman–Crippen LogP) is 5.95. The largest absolute Gasteiger partial charge is 0.497 e. The fourth-order valence-corrected chi connectivity index (χ4v) is 4.46. The second-order valence-electron chi connectivity index (χ2n) is 7.55. The minimum absolute atomic E-state index is 0.0153. The van der Waals surface area contributed by atoms with E-state index in [0.29, 0.717) is 16.9 Å². The van der Waals surface area contributed by atoms with Crippen molar-refractivity contribution in [3.05, 3.63) is 93.1 Å². The van der Waals surface area contributed by atoms with E-state index in [1.54, 1.807) is 24.3 Å². The van der Waals surface area contributed by atoms with Crippen molar-refractivity contribution >= 4 is 46.6 Å². The average Bonchev–Trinajstić information content (AvgIpc) is 3.13. The molecule has 2 amide bonds. The Morgan fingerprint density at radius 2 is 1.72 bits per heavy atom. The summed E-state index contributed by atoms with van der Waals surface area (Å²) in [6, 6.07) is 14.9. The van der Waals surface area contributed by atoms with E-state index in [0.717, 1.165) is 16.7 Å². The van der Waals surface area contributed by atoms with Crippen molar-refractivity contribution in [3.63, 3.8) is 0 Å². The average molecular weight is 528 g/mol. The lowest BCUT2D eigenvalue weighted by Gasteiger charge is -2.13. The zero-order valence-corrected chi connectivity index (χ0v) is 20.7. The maximum Gasteiger partial charge on any atom is 0.343 e. The van der Waals surface area contributed by atoms with Crippen LogP contribution in [0.5, 0.6) is 17.2 Å². The molecule has 0 aromatic heterocycles. The molecule has 0 atom stereocenters. The van der Waals surface area contributed by atoms with E-state index < -0.39 is 22.9 Å². The van der Waals surface area contributed by atoms with Gasteiger partial charge in [-0.1, -0.05) is 23.7 Å². The van der Waals surface area contributed by atoms with Crippen LogP contribution >= 0.6 is 23.4 Å². The summed E-state index contributed by atoms with van der Waals surface area (Å²) in [5.74, 6) is -0.764. The van der Waals surface area contributed by atoms with Crippen LogP contribution in [-0.4, -0.2) is 36.2 Å². The zero-order chi connectivity index (χ0) is 25.8. The molecule has 0 spiro atoms. The van der Waals surface area contributed by atoms with Crippen LogP contribution in [0.2, 0.25) is 5.02 Å². The van der Waals surface area contributed by atoms with Gasteiger partial charge in [0.1, 0.15) is 11.6 Å². The third-order valence-corrected chi connectivity index (χ3v) is 6.39. The lowest BCUT2D eigenvalue weighted by atomic mass is 10.1. The highest BCUT2D eigenvalue weighted by molar-refractivity contribution is 8.18. The molecule has 0 N–H and O–H groups in total. The molecule has 0 aliphatic carbocycles. The number of amides is 2. The van der Waals surface area contributed by atoms with E-state index in [9.17, 15) is 18.8 Å². The van der Waals surface area contributed by atoms with Gasteiger partial charge in [0.2, 0.25) is 0 Å². The molecule has 0 unspecified atom stereocenters. The molecule has 3 aromatic rings. The molecule has 1 fully saturated rings. The molecule has 0 radical (unpaired) electrons. The van der Waals surface area contributed by atoms with Crippen LogP contribution in [0.3, 0.4) is 0 Å². The van der Waals surface area contributed by atoms with Crippen LogP contribution in [0.4, 0.5) is 9.18 Å². The van der Waals surface area contributed by atoms with Crippen LogP contribution in [-0.2, 0) is 11.3 Å². The smallest absolute Gasteiger partial charge is 0.343 e. The first-order valence-corrected chi connectivity index (χ1v) is 11.7. The molecular weight excluding hydrogens is 509 g/mol. The second kappa shape index (κ2) is 10.8. The molecule has 3 aromatic carbocycles. The number of benzene rings is 3. The van der Waals surface area contributed by atoms with E-state index >= 15 is 0 Å². The summed E-state index contributed by atoms with van der Waals surface area (Å²) in [6.45, 7) is 0.0205. The maximum absolute atomic E-state index is 13.2. The van der Waals surface area contributed by atoms with Crippen LogP contribution in [0.15, 0.2) is 65.6 Å². The molecule has 1 saturated heterocycles. The first-order valence-electron chi connectivity index (χ1n) is 10.5. The summed E-state index contributed by atoms with van der Waals surface area (Å²) in [5.41, 5.74) is 1.37. The van der Waals surface area contributed by atoms with E-state index in [-0.39, 0.29) is 33.5 Å². The van der Waals surface area contributed by atoms with Crippen LogP contribution < -0.4 is 14.2 Å². The van der Waals surface area contributed by atoms with Gasteiger partial charge in [-0.2, -0.15) is 0 Å². The van der Waals surface area contributed by atoms with Gasteiger partial charge in [-0.25, -0.2) is 9.18 Å². The van der Waals surface area contributed by atoms with Crippen molar-refractivity contribution in [1.29, 1.82) is 0 Å². The number of thioether (sulfide) groups is 1. The molecule has 184 valence electrons. The Hall–Kier alpha value is -3.82. The summed E-state index contributed by atoms with van der Waals surface area (Å²) < 4.78 is 29.0. The minimum atomic E-state index is -0.646. The quantitative estimate of drug-likeness (QED) is 0.213. The summed E-state index contributed by atoms with van der Waals surface area (Å²) in [4.78, 5) is 39.1. The number of ether oxygens (including phenoxy) is 3. The van der Waals surface area contributed by atoms with E-state index in [1.165, 1.54) is 56.7 Å². The first-order chi connectivity index (χ1) is 17.3. The van der Waals surface area contributed by atoms with Crippen LogP contribution in [0.1, 0.15) is 21.5 Å². The van der Waals surface area contributed by atoms with Gasteiger partial charge in [0.05, 0.1) is 36.3 Å². The lowest BCUT2D eigenvalue weighted by molar-refractivity contribution is -0.123. The molecule has 36 heavy (non-hydrogen) atoms. The third kappa shape index (κ3) is 5.53. The highest BCUT2D eigenvalue weighted by Crippen LogP contribution is 2.39. The Morgan fingerprint density at radius 3 is 2.36 bits per heavy atom. The second-order valence-corrected chi connectivity index (χ2v) is 8.95. The van der Waals surface area contributed by atoms with Crippen molar-refractivity contribution in [2.24, 2.45) is 0 Å². The van der Waals surface area contributed by atoms with Gasteiger partial charge in [0, 0.05) is 0 Å². The third-order valence-electron chi connectivity index (χ3n) is 5.20. The van der Waals surface area contributed by atoms with Gasteiger partial charge < -0.3 is 14.2 Å². The van der Waals surface area contributed by atoms with Crippen LogP contribution in [0.25, 0.3) is 6.08 Å². The van der Waals surface area contributed by atoms with Crippen molar-refractivity contribution in [2.75, 3.05) is 14.2 Å². The topological polar surface area (TPSA) is 82.1 Å². The number of nitrogens with zero attached hydrogens (tertiary/aromatic N) is 1. The fourth-order valence-electron chi connectivity index (χ4n) is 3.36. The summed E-state index contributed by atoms with van der Waals surface area (Å²) >= 11 is 7.16. The van der Waals surface area contributed by atoms with Crippen molar-refractivity contribution in [2.45, 2.75) is 6.54 Å². The Bertz CT molecular complexity index is 1360. The number of hydrogen-bond acceptors (Lipinski definition) is 7. The predicted molar refractivity (Wildman–Crippen MR) is 134 cm³/mol. The molecule has 7 nitrogen and oxygen atoms in total. The number of carbonyl (C=O) groups excluding carboxylic acids is 3. The number of methoxy groups -OCH3 is 2. The van der Waals surface area contributed by atoms with Crippen molar-refractivity contribution < 1.29 is 33.0 Å². The Balaban J connectivity index is 1.54. The fraction of sp³-hybridized carbons (Fsp3) is 0.115. The number of halogens is 2. The highest BCUT2D eigenvalue weighted by atomic mass is 35.5. The monoisotopic (exact) mass is 527 g/mol. The van der Waals surface area contributed by atoms with Gasteiger partial charge in [-0.3, -0.25) is 14.5 Å². The zero-order valence-electron chi connectivity index (χ0n) is 19.1. The molecule has 1 aliphatic heterocycles. The minimum Gasteiger partial charge on any atom is -0.497 e. The Kier molecular flexibility index (Phi) is 7.61. The molecule has 4 rings (SSSR count). The number of rotatable bonds is 7. The van der Waals surface area contributed by atoms with E-state index in [2.05, 4.69) is 0 Å².